The molecule has 2 heterocycles. The van der Waals surface area contributed by atoms with Crippen LogP contribution in [-0.4, -0.2) is 69.4 Å². The lowest BCUT2D eigenvalue weighted by Crippen LogP contribution is -2.46. The van der Waals surface area contributed by atoms with Gasteiger partial charge in [0, 0.05) is 39.9 Å². The first-order chi connectivity index (χ1) is 13.3. The maximum atomic E-state index is 12.5. The zero-order valence-electron chi connectivity index (χ0n) is 16.5. The van der Waals surface area contributed by atoms with E-state index in [2.05, 4.69) is 33.8 Å². The van der Waals surface area contributed by atoms with Crippen LogP contribution in [0.3, 0.4) is 0 Å². The van der Waals surface area contributed by atoms with Crippen LogP contribution < -0.4 is 10.6 Å². The normalized spacial score (nSPS) is 19.0. The number of rotatable bonds is 7. The molecule has 1 saturated heterocycles. The van der Waals surface area contributed by atoms with Gasteiger partial charge in [0.1, 0.15) is 0 Å². The van der Waals surface area contributed by atoms with Crippen molar-refractivity contribution in [3.8, 4) is 0 Å². The van der Waals surface area contributed by atoms with Crippen molar-refractivity contribution in [2.45, 2.75) is 31.9 Å². The number of hydrogen-bond acceptors (Lipinski definition) is 4. The van der Waals surface area contributed by atoms with E-state index in [9.17, 15) is 4.79 Å². The van der Waals surface area contributed by atoms with Gasteiger partial charge in [-0.25, -0.2) is 0 Å². The van der Waals surface area contributed by atoms with E-state index in [-0.39, 0.29) is 42.5 Å². The molecule has 28 heavy (non-hydrogen) atoms. The Labute approximate surface area is 184 Å². The zero-order valence-corrected chi connectivity index (χ0v) is 18.8. The van der Waals surface area contributed by atoms with Crippen molar-refractivity contribution in [3.05, 3.63) is 35.4 Å². The Kier molecular flexibility index (Phi) is 10.0. The Hall–Kier alpha value is -1.39. The molecule has 1 atom stereocenters. The van der Waals surface area contributed by atoms with Crippen LogP contribution in [0.4, 0.5) is 0 Å². The van der Waals surface area contributed by atoms with Crippen LogP contribution >= 0.6 is 24.0 Å². The van der Waals surface area contributed by atoms with E-state index in [0.717, 1.165) is 39.0 Å². The monoisotopic (exact) mass is 502 g/mol. The third-order valence-corrected chi connectivity index (χ3v) is 4.97. The van der Waals surface area contributed by atoms with Crippen LogP contribution in [0.2, 0.25) is 0 Å². The third-order valence-electron chi connectivity index (χ3n) is 4.97. The molecule has 1 unspecified atom stereocenters. The van der Waals surface area contributed by atoms with Crippen molar-refractivity contribution in [1.82, 2.24) is 15.5 Å². The molecule has 0 bridgehead atoms. The van der Waals surface area contributed by atoms with Gasteiger partial charge in [0.15, 0.2) is 5.96 Å². The van der Waals surface area contributed by atoms with Crippen molar-refractivity contribution in [3.63, 3.8) is 0 Å². The predicted octanol–water partition coefficient (Wildman–Crippen LogP) is 1.55. The molecule has 0 saturated carbocycles. The number of nitrogens with zero attached hydrogens (tertiary/aromatic N) is 2. The van der Waals surface area contributed by atoms with E-state index in [1.165, 1.54) is 11.1 Å². The van der Waals surface area contributed by atoms with E-state index >= 15 is 0 Å². The van der Waals surface area contributed by atoms with E-state index in [0.29, 0.717) is 25.7 Å². The zero-order chi connectivity index (χ0) is 18.9. The minimum Gasteiger partial charge on any atom is -0.379 e. The summed E-state index contributed by atoms with van der Waals surface area (Å²) in [6.07, 6.45) is 3.03. The van der Waals surface area contributed by atoms with Gasteiger partial charge in [-0.15, -0.1) is 24.0 Å². The minimum absolute atomic E-state index is 0. The number of carbonyl (C=O) groups excluding carboxylic acids is 1. The second-order valence-corrected chi connectivity index (χ2v) is 6.90. The van der Waals surface area contributed by atoms with Crippen LogP contribution in [0.25, 0.3) is 0 Å². The van der Waals surface area contributed by atoms with Crippen molar-refractivity contribution in [2.24, 2.45) is 4.99 Å². The molecule has 2 aliphatic heterocycles. The second kappa shape index (κ2) is 12.2. The standard InChI is InChI=1S/C20H30N4O3.HI/c1-21-20(22-9-4-11-27-18-8-12-26-15-18)23-13-19(25)24-10-7-16-5-2-3-6-17(16)14-24;/h2-3,5-6,18H,4,7-15H2,1H3,(H2,21,22,23);1H. The molecule has 0 aromatic heterocycles. The SMILES string of the molecule is CN=C(NCCCOC1CCOC1)NCC(=O)N1CCc2ccccc2C1.I. The topological polar surface area (TPSA) is 75.2 Å². The Bertz CT molecular complexity index is 650. The van der Waals surface area contributed by atoms with Crippen LogP contribution in [-0.2, 0) is 27.2 Å². The molecule has 0 radical (unpaired) electrons. The molecule has 8 heteroatoms. The van der Waals surface area contributed by atoms with Crippen LogP contribution in [0.15, 0.2) is 29.3 Å². The molecule has 3 rings (SSSR count). The fraction of sp³-hybridized carbons (Fsp3) is 0.600. The Morgan fingerprint density at radius 3 is 2.89 bits per heavy atom. The molecule has 1 aromatic carbocycles. The number of fused-ring (bicyclic) bond motifs is 1. The molecule has 2 aliphatic rings. The van der Waals surface area contributed by atoms with E-state index in [1.54, 1.807) is 7.05 Å². The van der Waals surface area contributed by atoms with Crippen molar-refractivity contribution < 1.29 is 14.3 Å². The summed E-state index contributed by atoms with van der Waals surface area (Å²) < 4.78 is 11.0. The van der Waals surface area contributed by atoms with Gasteiger partial charge < -0.3 is 25.0 Å². The predicted molar refractivity (Wildman–Crippen MR) is 120 cm³/mol. The molecule has 1 fully saturated rings. The summed E-state index contributed by atoms with van der Waals surface area (Å²) in [6, 6.07) is 8.33. The van der Waals surface area contributed by atoms with Gasteiger partial charge in [-0.2, -0.15) is 0 Å². The lowest BCUT2D eigenvalue weighted by Gasteiger charge is -2.29. The average molecular weight is 502 g/mol. The number of nitrogens with one attached hydrogen (secondary N) is 2. The van der Waals surface area contributed by atoms with Gasteiger partial charge in [-0.1, -0.05) is 24.3 Å². The highest BCUT2D eigenvalue weighted by Crippen LogP contribution is 2.18. The molecule has 0 aliphatic carbocycles. The lowest BCUT2D eigenvalue weighted by molar-refractivity contribution is -0.130. The Morgan fingerprint density at radius 1 is 1.32 bits per heavy atom. The summed E-state index contributed by atoms with van der Waals surface area (Å²) in [7, 11) is 1.71. The van der Waals surface area contributed by atoms with Crippen LogP contribution in [0.5, 0.6) is 0 Å². The average Bonchev–Trinajstić information content (AvgIpc) is 3.23. The van der Waals surface area contributed by atoms with Gasteiger partial charge >= 0.3 is 0 Å². The molecule has 0 spiro atoms. The minimum atomic E-state index is 0. The maximum absolute atomic E-state index is 12.5. The highest BCUT2D eigenvalue weighted by atomic mass is 127. The van der Waals surface area contributed by atoms with Gasteiger partial charge in [-0.3, -0.25) is 9.79 Å². The van der Waals surface area contributed by atoms with Crippen molar-refractivity contribution >= 4 is 35.8 Å². The smallest absolute Gasteiger partial charge is 0.242 e. The Balaban J connectivity index is 0.00000280. The molecular weight excluding hydrogens is 471 g/mol. The molecule has 2 N–H and O–H groups in total. The summed E-state index contributed by atoms with van der Waals surface area (Å²) in [5.41, 5.74) is 2.59. The largest absolute Gasteiger partial charge is 0.379 e. The number of halogens is 1. The molecule has 7 nitrogen and oxygen atoms in total. The number of benzene rings is 1. The second-order valence-electron chi connectivity index (χ2n) is 6.90. The highest BCUT2D eigenvalue weighted by molar-refractivity contribution is 14.0. The third kappa shape index (κ3) is 6.89. The summed E-state index contributed by atoms with van der Waals surface area (Å²) in [5, 5.41) is 6.33. The fourth-order valence-electron chi connectivity index (χ4n) is 3.37. The maximum Gasteiger partial charge on any atom is 0.242 e. The number of carbonyl (C=O) groups is 1. The first-order valence-electron chi connectivity index (χ1n) is 9.74. The van der Waals surface area contributed by atoms with E-state index in [1.807, 2.05) is 11.0 Å². The number of aliphatic imine (C=N–C) groups is 1. The van der Waals surface area contributed by atoms with Crippen molar-refractivity contribution in [2.75, 3.05) is 46.5 Å². The molecule has 1 amide bonds. The number of hydrogen-bond donors (Lipinski definition) is 2. The summed E-state index contributed by atoms with van der Waals surface area (Å²) >= 11 is 0. The van der Waals surface area contributed by atoms with Crippen LogP contribution in [0.1, 0.15) is 24.0 Å². The van der Waals surface area contributed by atoms with Crippen molar-refractivity contribution in [1.29, 1.82) is 0 Å². The number of ether oxygens (including phenoxy) is 2. The van der Waals surface area contributed by atoms with E-state index in [4.69, 9.17) is 9.47 Å². The van der Waals surface area contributed by atoms with Gasteiger partial charge in [-0.05, 0) is 30.4 Å². The lowest BCUT2D eigenvalue weighted by atomic mass is 10.00. The summed E-state index contributed by atoms with van der Waals surface area (Å²) in [6.45, 7) is 4.66. The summed E-state index contributed by atoms with van der Waals surface area (Å²) in [5.74, 6) is 0.738. The van der Waals surface area contributed by atoms with E-state index < -0.39 is 0 Å². The van der Waals surface area contributed by atoms with Gasteiger partial charge in [0.05, 0.1) is 19.3 Å². The number of amides is 1. The fourth-order valence-corrected chi connectivity index (χ4v) is 3.37. The summed E-state index contributed by atoms with van der Waals surface area (Å²) in [4.78, 5) is 18.6. The molecular formula is C20H31IN4O3. The van der Waals surface area contributed by atoms with Gasteiger partial charge in [0.25, 0.3) is 0 Å². The van der Waals surface area contributed by atoms with Crippen LogP contribution in [0, 0.1) is 0 Å². The molecule has 1 aromatic rings. The first-order valence-corrected chi connectivity index (χ1v) is 9.74. The van der Waals surface area contributed by atoms with Gasteiger partial charge in [0.2, 0.25) is 5.91 Å². The first kappa shape index (κ1) is 22.9. The quantitative estimate of drug-likeness (QED) is 0.256. The highest BCUT2D eigenvalue weighted by Gasteiger charge is 2.20. The molecule has 156 valence electrons. The Morgan fingerprint density at radius 2 is 2.14 bits per heavy atom. The number of guanidine groups is 1.